The first-order valence-electron chi connectivity index (χ1n) is 6.44. The molecule has 2 rings (SSSR count). The van der Waals surface area contributed by atoms with Crippen molar-refractivity contribution in [3.05, 3.63) is 34.5 Å². The van der Waals surface area contributed by atoms with Crippen LogP contribution in [0.1, 0.15) is 17.7 Å². The van der Waals surface area contributed by atoms with Crippen LogP contribution in [0.4, 0.5) is 0 Å². The first-order chi connectivity index (χ1) is 9.17. The summed E-state index contributed by atoms with van der Waals surface area (Å²) in [5, 5.41) is 4.84. The third-order valence-electron chi connectivity index (χ3n) is 3.28. The van der Waals surface area contributed by atoms with Gasteiger partial charge in [-0.3, -0.25) is 0 Å². The molecule has 0 amide bonds. The largest absolute Gasteiger partial charge is 0.494 e. The number of fused-ring (bicyclic) bond motifs is 1. The maximum Gasteiger partial charge on any atom is 0.145 e. The Bertz CT molecular complexity index is 584. The molecule has 0 atom stereocenters. The van der Waals surface area contributed by atoms with Crippen molar-refractivity contribution in [3.8, 4) is 5.75 Å². The molecule has 4 heteroatoms. The van der Waals surface area contributed by atoms with E-state index >= 15 is 0 Å². The average Bonchev–Trinajstić information content (AvgIpc) is 2.41. The lowest BCUT2D eigenvalue weighted by Crippen LogP contribution is -2.09. The van der Waals surface area contributed by atoms with E-state index in [0.717, 1.165) is 46.8 Å². The lowest BCUT2D eigenvalue weighted by atomic mass is 10.0. The number of pyridine rings is 1. The summed E-state index contributed by atoms with van der Waals surface area (Å²) in [6.45, 7) is 3.04. The van der Waals surface area contributed by atoms with E-state index in [2.05, 4.69) is 16.4 Å². The van der Waals surface area contributed by atoms with Gasteiger partial charge in [0.15, 0.2) is 0 Å². The maximum atomic E-state index is 6.26. The summed E-state index contributed by atoms with van der Waals surface area (Å²) < 4.78 is 5.34. The molecule has 102 valence electrons. The third-order valence-corrected chi connectivity index (χ3v) is 3.61. The van der Waals surface area contributed by atoms with Crippen LogP contribution in [0.3, 0.4) is 0 Å². The summed E-state index contributed by atoms with van der Waals surface area (Å²) in [6, 6.07) is 5.85. The number of ether oxygens (including phenoxy) is 1. The predicted molar refractivity (Wildman–Crippen MR) is 80.3 cm³/mol. The molecular formula is C15H19ClN2O. The molecule has 2 aromatic rings. The molecule has 0 aliphatic heterocycles. The maximum absolute atomic E-state index is 6.26. The van der Waals surface area contributed by atoms with Gasteiger partial charge in [0.2, 0.25) is 0 Å². The van der Waals surface area contributed by atoms with Gasteiger partial charge in [-0.2, -0.15) is 0 Å². The number of benzene rings is 1. The zero-order valence-electron chi connectivity index (χ0n) is 11.6. The minimum Gasteiger partial charge on any atom is -0.494 e. The Morgan fingerprint density at radius 2 is 2.16 bits per heavy atom. The summed E-state index contributed by atoms with van der Waals surface area (Å²) in [5.74, 6) is 0.768. The Hall–Kier alpha value is -1.32. The fraction of sp³-hybridized carbons (Fsp3) is 0.400. The van der Waals surface area contributed by atoms with Crippen molar-refractivity contribution in [2.45, 2.75) is 19.8 Å². The lowest BCUT2D eigenvalue weighted by molar-refractivity contribution is 0.419. The summed E-state index contributed by atoms with van der Waals surface area (Å²) in [6.07, 6.45) is 2.09. The topological polar surface area (TPSA) is 34.1 Å². The van der Waals surface area contributed by atoms with Crippen molar-refractivity contribution < 1.29 is 4.74 Å². The predicted octanol–water partition coefficient (Wildman–Crippen LogP) is 3.36. The number of nitrogens with one attached hydrogen (secondary N) is 1. The van der Waals surface area contributed by atoms with Gasteiger partial charge in [0, 0.05) is 11.1 Å². The van der Waals surface area contributed by atoms with E-state index in [0.29, 0.717) is 0 Å². The molecule has 0 aliphatic rings. The van der Waals surface area contributed by atoms with Gasteiger partial charge in [0.25, 0.3) is 0 Å². The van der Waals surface area contributed by atoms with Crippen molar-refractivity contribution in [2.75, 3.05) is 20.7 Å². The molecule has 0 spiro atoms. The minimum atomic E-state index is 0.721. The van der Waals surface area contributed by atoms with Gasteiger partial charge in [-0.1, -0.05) is 11.6 Å². The van der Waals surface area contributed by atoms with Gasteiger partial charge in [-0.05, 0) is 57.1 Å². The van der Waals surface area contributed by atoms with Crippen molar-refractivity contribution >= 4 is 22.5 Å². The number of methoxy groups -OCH3 is 1. The number of nitrogens with zero attached hydrogens (tertiary/aromatic N) is 1. The number of aromatic nitrogens is 1. The SMILES string of the molecule is CNCCCc1cc2c(Cl)ccc(OC)c2nc1C. The highest BCUT2D eigenvalue weighted by molar-refractivity contribution is 6.35. The number of aryl methyl sites for hydroxylation is 2. The summed E-state index contributed by atoms with van der Waals surface area (Å²) in [7, 11) is 3.62. The van der Waals surface area contributed by atoms with Gasteiger partial charge in [-0.15, -0.1) is 0 Å². The van der Waals surface area contributed by atoms with Gasteiger partial charge in [-0.25, -0.2) is 4.98 Å². The molecule has 0 unspecified atom stereocenters. The smallest absolute Gasteiger partial charge is 0.145 e. The monoisotopic (exact) mass is 278 g/mol. The van der Waals surface area contributed by atoms with Crippen molar-refractivity contribution in [1.29, 1.82) is 0 Å². The van der Waals surface area contributed by atoms with E-state index in [9.17, 15) is 0 Å². The fourth-order valence-corrected chi connectivity index (χ4v) is 2.41. The van der Waals surface area contributed by atoms with Gasteiger partial charge in [0.05, 0.1) is 12.1 Å². The molecule has 1 aromatic heterocycles. The van der Waals surface area contributed by atoms with E-state index in [-0.39, 0.29) is 0 Å². The van der Waals surface area contributed by atoms with E-state index in [1.54, 1.807) is 7.11 Å². The first-order valence-corrected chi connectivity index (χ1v) is 6.82. The quantitative estimate of drug-likeness (QED) is 0.852. The second-order valence-corrected chi connectivity index (χ2v) is 4.99. The highest BCUT2D eigenvalue weighted by Crippen LogP contribution is 2.31. The molecule has 0 aliphatic carbocycles. The average molecular weight is 279 g/mol. The Morgan fingerprint density at radius 1 is 1.37 bits per heavy atom. The highest BCUT2D eigenvalue weighted by Gasteiger charge is 2.10. The molecule has 1 heterocycles. The Labute approximate surface area is 118 Å². The minimum absolute atomic E-state index is 0.721. The Morgan fingerprint density at radius 3 is 2.84 bits per heavy atom. The number of halogens is 1. The normalized spacial score (nSPS) is 10.9. The fourth-order valence-electron chi connectivity index (χ4n) is 2.21. The lowest BCUT2D eigenvalue weighted by Gasteiger charge is -2.11. The van der Waals surface area contributed by atoms with Crippen LogP contribution in [0.15, 0.2) is 18.2 Å². The molecule has 1 N–H and O–H groups in total. The molecule has 0 radical (unpaired) electrons. The van der Waals surface area contributed by atoms with Crippen molar-refractivity contribution in [2.24, 2.45) is 0 Å². The number of hydrogen-bond donors (Lipinski definition) is 1. The zero-order valence-corrected chi connectivity index (χ0v) is 12.3. The van der Waals surface area contributed by atoms with Gasteiger partial charge < -0.3 is 10.1 Å². The van der Waals surface area contributed by atoms with Gasteiger partial charge >= 0.3 is 0 Å². The molecule has 19 heavy (non-hydrogen) atoms. The first kappa shape index (κ1) is 14.1. The van der Waals surface area contributed by atoms with Crippen LogP contribution >= 0.6 is 11.6 Å². The van der Waals surface area contributed by atoms with Crippen LogP contribution in [-0.4, -0.2) is 25.7 Å². The van der Waals surface area contributed by atoms with Gasteiger partial charge in [0.1, 0.15) is 11.3 Å². The van der Waals surface area contributed by atoms with E-state index < -0.39 is 0 Å². The number of rotatable bonds is 5. The molecular weight excluding hydrogens is 260 g/mol. The molecule has 0 bridgehead atoms. The summed E-state index contributed by atoms with van der Waals surface area (Å²) in [4.78, 5) is 4.66. The second kappa shape index (κ2) is 6.22. The Kier molecular flexibility index (Phi) is 4.61. The van der Waals surface area contributed by atoms with E-state index in [1.807, 2.05) is 26.1 Å². The van der Waals surface area contributed by atoms with Crippen LogP contribution in [0.25, 0.3) is 10.9 Å². The van der Waals surface area contributed by atoms with E-state index in [1.165, 1.54) is 5.56 Å². The van der Waals surface area contributed by atoms with Crippen LogP contribution in [0, 0.1) is 6.92 Å². The van der Waals surface area contributed by atoms with Crippen molar-refractivity contribution in [3.63, 3.8) is 0 Å². The van der Waals surface area contributed by atoms with E-state index in [4.69, 9.17) is 16.3 Å². The van der Waals surface area contributed by atoms with Crippen molar-refractivity contribution in [1.82, 2.24) is 10.3 Å². The molecule has 3 nitrogen and oxygen atoms in total. The highest BCUT2D eigenvalue weighted by atomic mass is 35.5. The standard InChI is InChI=1S/C15H19ClN2O/c1-10-11(5-4-8-17-2)9-12-13(16)6-7-14(19-3)15(12)18-10/h6-7,9,17H,4-5,8H2,1-3H3. The van der Waals surface area contributed by atoms with Crippen LogP contribution < -0.4 is 10.1 Å². The van der Waals surface area contributed by atoms with Crippen LogP contribution in [0.2, 0.25) is 5.02 Å². The summed E-state index contributed by atoms with van der Waals surface area (Å²) in [5.41, 5.74) is 3.13. The Balaban J connectivity index is 2.46. The van der Waals surface area contributed by atoms with Crippen LogP contribution in [0.5, 0.6) is 5.75 Å². The molecule has 0 saturated heterocycles. The van der Waals surface area contributed by atoms with Crippen LogP contribution in [-0.2, 0) is 6.42 Å². The third kappa shape index (κ3) is 2.99. The number of hydrogen-bond acceptors (Lipinski definition) is 3. The molecule has 0 saturated carbocycles. The molecule has 0 fully saturated rings. The summed E-state index contributed by atoms with van der Waals surface area (Å²) >= 11 is 6.26. The second-order valence-electron chi connectivity index (χ2n) is 4.59. The zero-order chi connectivity index (χ0) is 13.8. The molecule has 1 aromatic carbocycles.